The molecule has 1 atom stereocenters. The summed E-state index contributed by atoms with van der Waals surface area (Å²) in [6, 6.07) is 11.1. The lowest BCUT2D eigenvalue weighted by Gasteiger charge is -2.36. The number of benzene rings is 1. The predicted octanol–water partition coefficient (Wildman–Crippen LogP) is 3.72. The molecule has 1 unspecified atom stereocenters. The largest absolute Gasteiger partial charge is 0.313 e. The van der Waals surface area contributed by atoms with Crippen molar-refractivity contribution >= 4 is 0 Å². The highest BCUT2D eigenvalue weighted by atomic mass is 19.1. The number of nitrogens with one attached hydrogen (secondary N) is 1. The highest BCUT2D eigenvalue weighted by Crippen LogP contribution is 2.29. The van der Waals surface area contributed by atoms with E-state index in [1.165, 1.54) is 17.7 Å². The Labute approximate surface area is 126 Å². The van der Waals surface area contributed by atoms with Gasteiger partial charge < -0.3 is 5.32 Å². The fraction of sp³-hybridized carbons (Fsp3) is 0.389. The average molecular weight is 286 g/mol. The fourth-order valence-corrected chi connectivity index (χ4v) is 2.66. The van der Waals surface area contributed by atoms with Crippen LogP contribution in [0, 0.1) is 5.82 Å². The number of hydrogen-bond acceptors (Lipinski definition) is 2. The van der Waals surface area contributed by atoms with Crippen molar-refractivity contribution in [3.8, 4) is 0 Å². The van der Waals surface area contributed by atoms with Crippen molar-refractivity contribution in [1.29, 1.82) is 0 Å². The minimum absolute atomic E-state index is 0.0977. The van der Waals surface area contributed by atoms with Gasteiger partial charge in [0, 0.05) is 23.9 Å². The molecule has 2 rings (SSSR count). The standard InChI is InChI=1S/C18H23FN2/c1-4-21-17(12-14-6-5-11-20-13-14)18(2,3)15-7-9-16(19)10-8-15/h5-11,13,17,21H,4,12H2,1-3H3. The van der Waals surface area contributed by atoms with E-state index < -0.39 is 0 Å². The van der Waals surface area contributed by atoms with E-state index in [2.05, 4.69) is 37.1 Å². The van der Waals surface area contributed by atoms with E-state index in [1.807, 2.05) is 24.4 Å². The molecular weight excluding hydrogens is 263 g/mol. The van der Waals surface area contributed by atoms with Gasteiger partial charge in [-0.25, -0.2) is 4.39 Å². The molecule has 0 saturated carbocycles. The summed E-state index contributed by atoms with van der Waals surface area (Å²) in [5.74, 6) is -0.193. The predicted molar refractivity (Wildman–Crippen MR) is 84.8 cm³/mol. The van der Waals surface area contributed by atoms with Gasteiger partial charge in [-0.2, -0.15) is 0 Å². The molecular formula is C18H23FN2. The SMILES string of the molecule is CCNC(Cc1cccnc1)C(C)(C)c1ccc(F)cc1. The van der Waals surface area contributed by atoms with Gasteiger partial charge in [-0.05, 0) is 42.3 Å². The van der Waals surface area contributed by atoms with Gasteiger partial charge in [0.2, 0.25) is 0 Å². The molecule has 0 aliphatic heterocycles. The van der Waals surface area contributed by atoms with Crippen LogP contribution in [-0.2, 0) is 11.8 Å². The first-order valence-electron chi connectivity index (χ1n) is 7.42. The van der Waals surface area contributed by atoms with Crippen LogP contribution in [-0.4, -0.2) is 17.6 Å². The Hall–Kier alpha value is -1.74. The Morgan fingerprint density at radius 3 is 2.48 bits per heavy atom. The highest BCUT2D eigenvalue weighted by molar-refractivity contribution is 5.28. The minimum atomic E-state index is -0.193. The molecule has 0 aliphatic carbocycles. The van der Waals surface area contributed by atoms with Crippen LogP contribution in [0.1, 0.15) is 31.9 Å². The molecule has 1 aromatic carbocycles. The van der Waals surface area contributed by atoms with Gasteiger partial charge in [0.15, 0.2) is 0 Å². The molecule has 0 fully saturated rings. The minimum Gasteiger partial charge on any atom is -0.313 e. The Morgan fingerprint density at radius 2 is 1.90 bits per heavy atom. The number of pyridine rings is 1. The maximum absolute atomic E-state index is 13.1. The van der Waals surface area contributed by atoms with E-state index in [-0.39, 0.29) is 17.3 Å². The van der Waals surface area contributed by atoms with Crippen LogP contribution in [0.25, 0.3) is 0 Å². The molecule has 2 nitrogen and oxygen atoms in total. The second kappa shape index (κ2) is 6.81. The first-order valence-corrected chi connectivity index (χ1v) is 7.42. The van der Waals surface area contributed by atoms with E-state index in [4.69, 9.17) is 0 Å². The van der Waals surface area contributed by atoms with Crippen molar-refractivity contribution in [3.05, 3.63) is 65.7 Å². The summed E-state index contributed by atoms with van der Waals surface area (Å²) < 4.78 is 13.1. The van der Waals surface area contributed by atoms with E-state index in [0.29, 0.717) is 0 Å². The van der Waals surface area contributed by atoms with Crippen LogP contribution < -0.4 is 5.32 Å². The van der Waals surface area contributed by atoms with Crippen LogP contribution in [0.3, 0.4) is 0 Å². The van der Waals surface area contributed by atoms with Crippen LogP contribution in [0.5, 0.6) is 0 Å². The quantitative estimate of drug-likeness (QED) is 0.875. The first kappa shape index (κ1) is 15.6. The number of halogens is 1. The van der Waals surface area contributed by atoms with E-state index in [1.54, 1.807) is 6.20 Å². The number of rotatable bonds is 6. The Kier molecular flexibility index (Phi) is 5.07. The topological polar surface area (TPSA) is 24.9 Å². The third-order valence-corrected chi connectivity index (χ3v) is 4.07. The van der Waals surface area contributed by atoms with Crippen LogP contribution >= 0.6 is 0 Å². The zero-order chi connectivity index (χ0) is 15.3. The second-order valence-electron chi connectivity index (χ2n) is 5.90. The highest BCUT2D eigenvalue weighted by Gasteiger charge is 2.30. The molecule has 3 heteroatoms. The molecule has 0 bridgehead atoms. The molecule has 2 aromatic rings. The normalized spacial score (nSPS) is 13.1. The van der Waals surface area contributed by atoms with Crippen LogP contribution in [0.2, 0.25) is 0 Å². The Bertz CT molecular complexity index is 549. The van der Waals surface area contributed by atoms with E-state index in [0.717, 1.165) is 18.5 Å². The van der Waals surface area contributed by atoms with Gasteiger partial charge in [0.05, 0.1) is 0 Å². The zero-order valence-electron chi connectivity index (χ0n) is 12.9. The maximum Gasteiger partial charge on any atom is 0.123 e. The molecule has 1 heterocycles. The molecule has 1 N–H and O–H groups in total. The van der Waals surface area contributed by atoms with Gasteiger partial charge in [0.1, 0.15) is 5.82 Å². The monoisotopic (exact) mass is 286 g/mol. The molecule has 0 saturated heterocycles. The van der Waals surface area contributed by atoms with Crippen molar-refractivity contribution in [2.24, 2.45) is 0 Å². The fourth-order valence-electron chi connectivity index (χ4n) is 2.66. The lowest BCUT2D eigenvalue weighted by Crippen LogP contribution is -2.46. The molecule has 21 heavy (non-hydrogen) atoms. The van der Waals surface area contributed by atoms with Crippen LogP contribution in [0.15, 0.2) is 48.8 Å². The molecule has 1 aromatic heterocycles. The van der Waals surface area contributed by atoms with Crippen molar-refractivity contribution < 1.29 is 4.39 Å². The molecule has 0 amide bonds. The van der Waals surface area contributed by atoms with Crippen LogP contribution in [0.4, 0.5) is 4.39 Å². The van der Waals surface area contributed by atoms with Gasteiger partial charge >= 0.3 is 0 Å². The molecule has 112 valence electrons. The van der Waals surface area contributed by atoms with Gasteiger partial charge in [-0.3, -0.25) is 4.98 Å². The summed E-state index contributed by atoms with van der Waals surface area (Å²) in [6.45, 7) is 7.40. The van der Waals surface area contributed by atoms with Gasteiger partial charge in [0.25, 0.3) is 0 Å². The number of aromatic nitrogens is 1. The van der Waals surface area contributed by atoms with Gasteiger partial charge in [-0.1, -0.05) is 39.0 Å². The number of hydrogen-bond donors (Lipinski definition) is 1. The second-order valence-corrected chi connectivity index (χ2v) is 5.90. The van der Waals surface area contributed by atoms with Crippen molar-refractivity contribution in [2.45, 2.75) is 38.6 Å². The summed E-state index contributed by atoms with van der Waals surface area (Å²) >= 11 is 0. The third-order valence-electron chi connectivity index (χ3n) is 4.07. The summed E-state index contributed by atoms with van der Waals surface area (Å²) in [4.78, 5) is 4.19. The van der Waals surface area contributed by atoms with Crippen molar-refractivity contribution in [1.82, 2.24) is 10.3 Å². The smallest absolute Gasteiger partial charge is 0.123 e. The van der Waals surface area contributed by atoms with E-state index in [9.17, 15) is 4.39 Å². The van der Waals surface area contributed by atoms with Crippen molar-refractivity contribution in [3.63, 3.8) is 0 Å². The maximum atomic E-state index is 13.1. The van der Waals surface area contributed by atoms with E-state index >= 15 is 0 Å². The average Bonchev–Trinajstić information content (AvgIpc) is 2.48. The zero-order valence-corrected chi connectivity index (χ0v) is 12.9. The van der Waals surface area contributed by atoms with Crippen molar-refractivity contribution in [2.75, 3.05) is 6.54 Å². The Balaban J connectivity index is 2.25. The summed E-state index contributed by atoms with van der Waals surface area (Å²) in [5.41, 5.74) is 2.25. The molecule has 0 radical (unpaired) electrons. The summed E-state index contributed by atoms with van der Waals surface area (Å²) in [6.07, 6.45) is 4.59. The number of likely N-dealkylation sites (N-methyl/N-ethyl adjacent to an activating group) is 1. The summed E-state index contributed by atoms with van der Waals surface area (Å²) in [7, 11) is 0. The number of nitrogens with zero attached hydrogens (tertiary/aromatic N) is 1. The summed E-state index contributed by atoms with van der Waals surface area (Å²) in [5, 5.41) is 3.56. The lowest BCUT2D eigenvalue weighted by molar-refractivity contribution is 0.342. The third kappa shape index (κ3) is 3.88. The van der Waals surface area contributed by atoms with Gasteiger partial charge in [-0.15, -0.1) is 0 Å². The first-order chi connectivity index (χ1) is 10.0. The molecule has 0 aliphatic rings. The lowest BCUT2D eigenvalue weighted by atomic mass is 9.75. The molecule has 0 spiro atoms. The Morgan fingerprint density at radius 1 is 1.19 bits per heavy atom.